The number of carbonyl (C=O) groups is 2. The predicted molar refractivity (Wildman–Crippen MR) is 100 cm³/mol. The van der Waals surface area contributed by atoms with Crippen molar-refractivity contribution in [1.29, 1.82) is 0 Å². The number of para-hydroxylation sites is 1. The van der Waals surface area contributed by atoms with Crippen LogP contribution in [-0.4, -0.2) is 48.2 Å². The average Bonchev–Trinajstić information content (AvgIpc) is 3.05. The van der Waals surface area contributed by atoms with E-state index in [2.05, 4.69) is 5.32 Å². The zero-order chi connectivity index (χ0) is 20.0. The lowest BCUT2D eigenvalue weighted by atomic mass is 10.0. The van der Waals surface area contributed by atoms with Gasteiger partial charge in [0.25, 0.3) is 0 Å². The van der Waals surface area contributed by atoms with Crippen LogP contribution in [0.2, 0.25) is 0 Å². The minimum absolute atomic E-state index is 0.0293. The molecule has 0 spiro atoms. The van der Waals surface area contributed by atoms with Crippen LogP contribution in [-0.2, 0) is 9.53 Å². The van der Waals surface area contributed by atoms with Gasteiger partial charge in [-0.25, -0.2) is 9.18 Å². The Morgan fingerprint density at radius 1 is 1.33 bits per heavy atom. The van der Waals surface area contributed by atoms with Crippen molar-refractivity contribution < 1.29 is 23.5 Å². The van der Waals surface area contributed by atoms with Gasteiger partial charge in [-0.1, -0.05) is 12.1 Å². The lowest BCUT2D eigenvalue weighted by Crippen LogP contribution is -2.42. The summed E-state index contributed by atoms with van der Waals surface area (Å²) in [5.74, 6) is -0.139. The van der Waals surface area contributed by atoms with E-state index in [0.29, 0.717) is 13.1 Å². The number of nitrogens with one attached hydrogen (secondary N) is 1. The Hall–Kier alpha value is -2.31. The Balaban J connectivity index is 1.73. The van der Waals surface area contributed by atoms with E-state index in [1.54, 1.807) is 17.0 Å². The Bertz CT molecular complexity index is 660. The molecule has 0 bridgehead atoms. The molecule has 150 valence electrons. The van der Waals surface area contributed by atoms with Gasteiger partial charge in [0.2, 0.25) is 5.91 Å². The van der Waals surface area contributed by atoms with Crippen LogP contribution in [0, 0.1) is 11.7 Å². The molecule has 0 aliphatic carbocycles. The molecule has 1 aromatic rings. The normalized spacial score (nSPS) is 18.1. The van der Waals surface area contributed by atoms with Crippen molar-refractivity contribution in [3.63, 3.8) is 0 Å². The Morgan fingerprint density at radius 2 is 2.04 bits per heavy atom. The average molecular weight is 380 g/mol. The van der Waals surface area contributed by atoms with Crippen LogP contribution in [0.3, 0.4) is 0 Å². The molecule has 1 aliphatic heterocycles. The van der Waals surface area contributed by atoms with Crippen LogP contribution in [0.5, 0.6) is 5.75 Å². The number of hydrogen-bond acceptors (Lipinski definition) is 4. The van der Waals surface area contributed by atoms with Gasteiger partial charge in [0.1, 0.15) is 5.60 Å². The van der Waals surface area contributed by atoms with Gasteiger partial charge < -0.3 is 19.7 Å². The van der Waals surface area contributed by atoms with E-state index in [4.69, 9.17) is 9.47 Å². The van der Waals surface area contributed by atoms with Crippen molar-refractivity contribution in [1.82, 2.24) is 10.2 Å². The second-order valence-corrected chi connectivity index (χ2v) is 7.85. The summed E-state index contributed by atoms with van der Waals surface area (Å²) in [7, 11) is 0. The SMILES string of the molecule is CC(NC(=O)OC(C)(C)C)C1CCN(C(=O)CCOc2ccccc2F)C1. The number of carbonyl (C=O) groups excluding carboxylic acids is 2. The van der Waals surface area contributed by atoms with E-state index in [-0.39, 0.29) is 36.6 Å². The van der Waals surface area contributed by atoms with Gasteiger partial charge >= 0.3 is 6.09 Å². The van der Waals surface area contributed by atoms with Gasteiger partial charge in [0.05, 0.1) is 13.0 Å². The van der Waals surface area contributed by atoms with Crippen LogP contribution >= 0.6 is 0 Å². The summed E-state index contributed by atoms with van der Waals surface area (Å²) < 4.78 is 24.1. The molecule has 6 nitrogen and oxygen atoms in total. The molecule has 2 rings (SSSR count). The van der Waals surface area contributed by atoms with Gasteiger partial charge in [0.15, 0.2) is 11.6 Å². The van der Waals surface area contributed by atoms with Gasteiger partial charge in [-0.2, -0.15) is 0 Å². The number of rotatable bonds is 6. The maximum absolute atomic E-state index is 13.5. The zero-order valence-electron chi connectivity index (χ0n) is 16.5. The molecule has 7 heteroatoms. The molecule has 27 heavy (non-hydrogen) atoms. The molecule has 1 fully saturated rings. The molecule has 1 N–H and O–H groups in total. The minimum atomic E-state index is -0.542. The smallest absolute Gasteiger partial charge is 0.407 e. The van der Waals surface area contributed by atoms with Crippen LogP contribution in [0.4, 0.5) is 9.18 Å². The summed E-state index contributed by atoms with van der Waals surface area (Å²) in [4.78, 5) is 26.0. The number of ether oxygens (including phenoxy) is 2. The zero-order valence-corrected chi connectivity index (χ0v) is 16.5. The number of nitrogens with zero attached hydrogens (tertiary/aromatic N) is 1. The molecule has 0 aromatic heterocycles. The summed E-state index contributed by atoms with van der Waals surface area (Å²) in [5.41, 5.74) is -0.542. The summed E-state index contributed by atoms with van der Waals surface area (Å²) >= 11 is 0. The Labute approximate surface area is 160 Å². The Kier molecular flexibility index (Phi) is 7.05. The maximum Gasteiger partial charge on any atom is 0.407 e. The van der Waals surface area contributed by atoms with Crippen molar-refractivity contribution in [2.45, 2.75) is 52.2 Å². The maximum atomic E-state index is 13.5. The summed E-state index contributed by atoms with van der Waals surface area (Å²) in [5, 5.41) is 2.84. The van der Waals surface area contributed by atoms with E-state index in [9.17, 15) is 14.0 Å². The van der Waals surface area contributed by atoms with Crippen molar-refractivity contribution in [2.75, 3.05) is 19.7 Å². The van der Waals surface area contributed by atoms with Gasteiger partial charge in [-0.3, -0.25) is 4.79 Å². The summed E-state index contributed by atoms with van der Waals surface area (Å²) in [6.45, 7) is 8.72. The van der Waals surface area contributed by atoms with E-state index in [1.165, 1.54) is 12.1 Å². The lowest BCUT2D eigenvalue weighted by Gasteiger charge is -2.25. The first-order chi connectivity index (χ1) is 12.7. The number of benzene rings is 1. The highest BCUT2D eigenvalue weighted by molar-refractivity contribution is 5.76. The summed E-state index contributed by atoms with van der Waals surface area (Å²) in [6.07, 6.45) is 0.560. The quantitative estimate of drug-likeness (QED) is 0.822. The van der Waals surface area contributed by atoms with Crippen LogP contribution in [0.1, 0.15) is 40.5 Å². The number of halogens is 1. The van der Waals surface area contributed by atoms with Gasteiger partial charge in [-0.05, 0) is 52.2 Å². The fourth-order valence-electron chi connectivity index (χ4n) is 3.00. The molecular formula is C20H29FN2O4. The number of amides is 2. The summed E-state index contributed by atoms with van der Waals surface area (Å²) in [6, 6.07) is 6.04. The predicted octanol–water partition coefficient (Wildman–Crippen LogP) is 3.36. The highest BCUT2D eigenvalue weighted by Gasteiger charge is 2.31. The highest BCUT2D eigenvalue weighted by Crippen LogP contribution is 2.21. The first-order valence-corrected chi connectivity index (χ1v) is 9.30. The van der Waals surface area contributed by atoms with Crippen molar-refractivity contribution in [2.24, 2.45) is 5.92 Å². The van der Waals surface area contributed by atoms with Gasteiger partial charge in [0, 0.05) is 19.1 Å². The fraction of sp³-hybridized carbons (Fsp3) is 0.600. The molecular weight excluding hydrogens is 351 g/mol. The van der Waals surface area contributed by atoms with Crippen molar-refractivity contribution in [3.05, 3.63) is 30.1 Å². The molecule has 2 unspecified atom stereocenters. The largest absolute Gasteiger partial charge is 0.490 e. The molecule has 1 aliphatic rings. The van der Waals surface area contributed by atoms with Crippen LogP contribution in [0.25, 0.3) is 0 Å². The lowest BCUT2D eigenvalue weighted by molar-refractivity contribution is -0.130. The topological polar surface area (TPSA) is 67.9 Å². The monoisotopic (exact) mass is 380 g/mol. The third-order valence-electron chi connectivity index (χ3n) is 4.44. The molecule has 2 atom stereocenters. The first-order valence-electron chi connectivity index (χ1n) is 9.30. The van der Waals surface area contributed by atoms with E-state index in [1.807, 2.05) is 27.7 Å². The van der Waals surface area contributed by atoms with E-state index >= 15 is 0 Å². The van der Waals surface area contributed by atoms with E-state index in [0.717, 1.165) is 6.42 Å². The first kappa shape index (κ1) is 21.0. The van der Waals surface area contributed by atoms with E-state index < -0.39 is 17.5 Å². The Morgan fingerprint density at radius 3 is 2.70 bits per heavy atom. The number of alkyl carbamates (subject to hydrolysis) is 1. The molecule has 1 saturated heterocycles. The second kappa shape index (κ2) is 9.06. The second-order valence-electron chi connectivity index (χ2n) is 7.85. The van der Waals surface area contributed by atoms with Crippen LogP contribution in [0.15, 0.2) is 24.3 Å². The molecule has 0 radical (unpaired) electrons. The van der Waals surface area contributed by atoms with Gasteiger partial charge in [-0.15, -0.1) is 0 Å². The fourth-order valence-corrected chi connectivity index (χ4v) is 3.00. The minimum Gasteiger partial charge on any atom is -0.490 e. The molecule has 0 saturated carbocycles. The van der Waals surface area contributed by atoms with Crippen molar-refractivity contribution in [3.8, 4) is 5.75 Å². The number of hydrogen-bond donors (Lipinski definition) is 1. The van der Waals surface area contributed by atoms with Crippen LogP contribution < -0.4 is 10.1 Å². The third-order valence-corrected chi connectivity index (χ3v) is 4.44. The standard InChI is InChI=1S/C20H29FN2O4/c1-14(22-19(25)27-20(2,3)4)15-9-11-23(13-15)18(24)10-12-26-17-8-6-5-7-16(17)21/h5-8,14-15H,9-13H2,1-4H3,(H,22,25). The molecule has 1 heterocycles. The highest BCUT2D eigenvalue weighted by atomic mass is 19.1. The number of likely N-dealkylation sites (tertiary alicyclic amines) is 1. The van der Waals surface area contributed by atoms with Crippen molar-refractivity contribution >= 4 is 12.0 Å². The molecule has 1 aromatic carbocycles. The molecule has 2 amide bonds. The third kappa shape index (κ3) is 6.73.